The fourth-order valence-corrected chi connectivity index (χ4v) is 4.20. The van der Waals surface area contributed by atoms with Crippen LogP contribution in [0.4, 0.5) is 18.9 Å². The third kappa shape index (κ3) is 4.39. The lowest BCUT2D eigenvalue weighted by atomic mass is 10.1. The molecule has 3 aromatic rings. The zero-order chi connectivity index (χ0) is 24.6. The van der Waals surface area contributed by atoms with Crippen LogP contribution in [0, 0.1) is 11.3 Å². The van der Waals surface area contributed by atoms with Crippen molar-refractivity contribution in [1.29, 1.82) is 5.26 Å². The Kier molecular flexibility index (Phi) is 6.39. The van der Waals surface area contributed by atoms with E-state index in [0.29, 0.717) is 5.69 Å². The van der Waals surface area contributed by atoms with Gasteiger partial charge in [0.15, 0.2) is 6.17 Å². The molecule has 0 radical (unpaired) electrons. The predicted octanol–water partition coefficient (Wildman–Crippen LogP) is 6.48. The van der Waals surface area contributed by atoms with Gasteiger partial charge in [-0.2, -0.15) is 18.4 Å². The molecule has 1 aliphatic heterocycles. The molecule has 10 heteroatoms. The molecule has 2 heterocycles. The Morgan fingerprint density at radius 2 is 1.88 bits per heavy atom. The van der Waals surface area contributed by atoms with Crippen LogP contribution in [-0.4, -0.2) is 5.91 Å². The number of nitriles is 1. The summed E-state index contributed by atoms with van der Waals surface area (Å²) in [4.78, 5) is 14.1. The van der Waals surface area contributed by atoms with Gasteiger partial charge in [-0.15, -0.1) is 12.6 Å². The summed E-state index contributed by atoms with van der Waals surface area (Å²) >= 11 is 10.6. The number of aryl methyl sites for hydroxylation is 1. The Morgan fingerprint density at radius 1 is 1.18 bits per heavy atom. The number of hydrogen-bond acceptors (Lipinski definition) is 5. The number of benzene rings is 2. The molecular formula is C24H17ClF3N3O2S. The standard InChI is InChI=1S/C24H17ClF3N3O2S/c1-2-13-3-6-15(7-4-13)31-21(30-22(32)17(12-29)23(31)34)20-10-9-19(33-20)16-11-14(24(26,27)28)5-8-18(16)25/h3-11,21,34H,2H2,1H3,(H,30,32). The monoisotopic (exact) mass is 503 g/mol. The number of carbonyl (C=O) groups excluding carboxylic acids is 1. The highest BCUT2D eigenvalue weighted by Gasteiger charge is 2.36. The molecule has 5 nitrogen and oxygen atoms in total. The highest BCUT2D eigenvalue weighted by molar-refractivity contribution is 7.84. The van der Waals surface area contributed by atoms with Crippen LogP contribution in [0.3, 0.4) is 0 Å². The highest BCUT2D eigenvalue weighted by Crippen LogP contribution is 2.40. The van der Waals surface area contributed by atoms with Gasteiger partial charge in [-0.3, -0.25) is 4.79 Å². The molecule has 2 aromatic carbocycles. The Morgan fingerprint density at radius 3 is 2.50 bits per heavy atom. The van der Waals surface area contributed by atoms with E-state index in [1.165, 1.54) is 12.1 Å². The molecule has 0 spiro atoms. The minimum absolute atomic E-state index is 0.0584. The van der Waals surface area contributed by atoms with Crippen LogP contribution in [0.1, 0.15) is 30.0 Å². The number of alkyl halides is 3. The summed E-state index contributed by atoms with van der Waals surface area (Å²) < 4.78 is 45.5. The lowest BCUT2D eigenvalue weighted by Gasteiger charge is -2.36. The number of halogens is 4. The molecular weight excluding hydrogens is 487 g/mol. The third-order valence-electron chi connectivity index (χ3n) is 5.39. The predicted molar refractivity (Wildman–Crippen MR) is 125 cm³/mol. The molecule has 1 aromatic heterocycles. The lowest BCUT2D eigenvalue weighted by Crippen LogP contribution is -2.45. The smallest absolute Gasteiger partial charge is 0.416 e. The quantitative estimate of drug-likeness (QED) is 0.400. The molecule has 4 rings (SSSR count). The average molecular weight is 504 g/mol. The number of carbonyl (C=O) groups is 1. The van der Waals surface area contributed by atoms with Gasteiger partial charge in [0.05, 0.1) is 15.6 Å². The Hall–Kier alpha value is -3.35. The summed E-state index contributed by atoms with van der Waals surface area (Å²) in [5.74, 6) is -0.327. The second-order valence-corrected chi connectivity index (χ2v) is 8.30. The first-order chi connectivity index (χ1) is 16.1. The topological polar surface area (TPSA) is 69.3 Å². The SMILES string of the molecule is CCc1ccc(N2C(S)=C(C#N)C(=O)NC2c2ccc(-c3cc(C(F)(F)F)ccc3Cl)o2)cc1. The first-order valence-corrected chi connectivity index (χ1v) is 11.0. The molecule has 0 bridgehead atoms. The van der Waals surface area contributed by atoms with Gasteiger partial charge in [-0.25, -0.2) is 0 Å². The molecule has 0 saturated carbocycles. The molecule has 34 heavy (non-hydrogen) atoms. The van der Waals surface area contributed by atoms with Crippen molar-refractivity contribution in [1.82, 2.24) is 5.32 Å². The largest absolute Gasteiger partial charge is 0.457 e. The molecule has 1 aliphatic rings. The van der Waals surface area contributed by atoms with E-state index in [4.69, 9.17) is 16.0 Å². The van der Waals surface area contributed by atoms with Crippen molar-refractivity contribution < 1.29 is 22.4 Å². The zero-order valence-corrected chi connectivity index (χ0v) is 19.3. The summed E-state index contributed by atoms with van der Waals surface area (Å²) in [6.07, 6.45) is -4.62. The Bertz CT molecular complexity index is 1330. The fraction of sp³-hybridized carbons (Fsp3) is 0.167. The van der Waals surface area contributed by atoms with Crippen molar-refractivity contribution in [2.24, 2.45) is 0 Å². The number of nitrogens with zero attached hydrogens (tertiary/aromatic N) is 2. The summed E-state index contributed by atoms with van der Waals surface area (Å²) in [6.45, 7) is 2.01. The number of nitrogens with one attached hydrogen (secondary N) is 1. The van der Waals surface area contributed by atoms with Gasteiger partial charge in [0, 0.05) is 11.3 Å². The molecule has 174 valence electrons. The minimum atomic E-state index is -4.55. The summed E-state index contributed by atoms with van der Waals surface area (Å²) in [5, 5.41) is 12.3. The molecule has 1 amide bonds. The van der Waals surface area contributed by atoms with Crippen LogP contribution in [0.5, 0.6) is 0 Å². The highest BCUT2D eigenvalue weighted by atomic mass is 35.5. The Balaban J connectivity index is 1.79. The number of rotatable bonds is 4. The number of thiol groups is 1. The van der Waals surface area contributed by atoms with Gasteiger partial charge in [0.25, 0.3) is 5.91 Å². The van der Waals surface area contributed by atoms with Gasteiger partial charge >= 0.3 is 6.18 Å². The maximum atomic E-state index is 13.2. The van der Waals surface area contributed by atoms with E-state index in [0.717, 1.165) is 30.2 Å². The summed E-state index contributed by atoms with van der Waals surface area (Å²) in [6, 6.07) is 15.3. The van der Waals surface area contributed by atoms with Crippen LogP contribution >= 0.6 is 24.2 Å². The Labute approximate surface area is 203 Å². The van der Waals surface area contributed by atoms with Gasteiger partial charge in [0.1, 0.15) is 23.2 Å². The van der Waals surface area contributed by atoms with E-state index < -0.39 is 23.8 Å². The zero-order valence-electron chi connectivity index (χ0n) is 17.7. The van der Waals surface area contributed by atoms with E-state index in [1.54, 1.807) is 4.90 Å². The van der Waals surface area contributed by atoms with Crippen molar-refractivity contribution >= 4 is 35.8 Å². The van der Waals surface area contributed by atoms with Crippen LogP contribution < -0.4 is 10.2 Å². The van der Waals surface area contributed by atoms with Crippen molar-refractivity contribution in [2.45, 2.75) is 25.7 Å². The van der Waals surface area contributed by atoms with Crippen LogP contribution in [0.25, 0.3) is 11.3 Å². The average Bonchev–Trinajstić information content (AvgIpc) is 3.28. The molecule has 1 N–H and O–H groups in total. The number of furan rings is 1. The van der Waals surface area contributed by atoms with Crippen LogP contribution in [-0.2, 0) is 17.4 Å². The molecule has 1 atom stereocenters. The lowest BCUT2D eigenvalue weighted by molar-refractivity contribution is -0.137. The molecule has 0 saturated heterocycles. The van der Waals surface area contributed by atoms with Crippen molar-refractivity contribution in [3.05, 3.63) is 87.1 Å². The number of hydrogen-bond donors (Lipinski definition) is 2. The van der Waals surface area contributed by atoms with Crippen molar-refractivity contribution in [2.75, 3.05) is 4.90 Å². The van der Waals surface area contributed by atoms with E-state index in [-0.39, 0.29) is 32.7 Å². The second-order valence-electron chi connectivity index (χ2n) is 7.47. The number of anilines is 1. The molecule has 1 unspecified atom stereocenters. The summed E-state index contributed by atoms with van der Waals surface area (Å²) in [5.41, 5.74) is 0.739. The van der Waals surface area contributed by atoms with E-state index in [1.807, 2.05) is 37.3 Å². The maximum Gasteiger partial charge on any atom is 0.416 e. The first kappa shape index (κ1) is 23.8. The number of amides is 1. The van der Waals surface area contributed by atoms with Gasteiger partial charge in [-0.1, -0.05) is 30.7 Å². The normalized spacial score (nSPS) is 16.4. The van der Waals surface area contributed by atoms with E-state index in [2.05, 4.69) is 17.9 Å². The molecule has 0 aliphatic carbocycles. The van der Waals surface area contributed by atoms with E-state index in [9.17, 15) is 23.2 Å². The van der Waals surface area contributed by atoms with Gasteiger partial charge in [-0.05, 0) is 54.4 Å². The van der Waals surface area contributed by atoms with Gasteiger partial charge in [0.2, 0.25) is 0 Å². The van der Waals surface area contributed by atoms with Crippen LogP contribution in [0.2, 0.25) is 5.02 Å². The second kappa shape index (κ2) is 9.12. The maximum absolute atomic E-state index is 13.2. The van der Waals surface area contributed by atoms with Crippen LogP contribution in [0.15, 0.2) is 69.6 Å². The van der Waals surface area contributed by atoms with Gasteiger partial charge < -0.3 is 14.6 Å². The third-order valence-corrected chi connectivity index (χ3v) is 6.16. The minimum Gasteiger partial charge on any atom is -0.457 e. The molecule has 0 fully saturated rings. The summed E-state index contributed by atoms with van der Waals surface area (Å²) in [7, 11) is 0. The van der Waals surface area contributed by atoms with Crippen molar-refractivity contribution in [3.8, 4) is 17.4 Å². The first-order valence-electron chi connectivity index (χ1n) is 10.1. The fourth-order valence-electron chi connectivity index (χ4n) is 3.60. The van der Waals surface area contributed by atoms with Crippen molar-refractivity contribution in [3.63, 3.8) is 0 Å². The van der Waals surface area contributed by atoms with E-state index >= 15 is 0 Å².